The Bertz CT molecular complexity index is 1150. The summed E-state index contributed by atoms with van der Waals surface area (Å²) < 4.78 is 5.34. The summed E-state index contributed by atoms with van der Waals surface area (Å²) in [5, 5.41) is 5.63. The first-order valence-corrected chi connectivity index (χ1v) is 12.6. The fourth-order valence-corrected chi connectivity index (χ4v) is 5.34. The Balaban J connectivity index is 1.55. The lowest BCUT2D eigenvalue weighted by Crippen LogP contribution is -2.47. The van der Waals surface area contributed by atoms with Gasteiger partial charge < -0.3 is 19.9 Å². The number of methoxy groups -OCH3 is 1. The predicted octanol–water partition coefficient (Wildman–Crippen LogP) is 5.83. The van der Waals surface area contributed by atoms with E-state index in [1.807, 2.05) is 48.2 Å². The van der Waals surface area contributed by atoms with Gasteiger partial charge in [0.15, 0.2) is 0 Å². The normalized spacial score (nSPS) is 14.9. The maximum absolute atomic E-state index is 13.6. The van der Waals surface area contributed by atoms with Crippen LogP contribution in [0.2, 0.25) is 5.02 Å². The summed E-state index contributed by atoms with van der Waals surface area (Å²) >= 11 is 7.84. The Morgan fingerprint density at radius 1 is 1.18 bits per heavy atom. The second-order valence-corrected chi connectivity index (χ2v) is 9.58. The first-order chi connectivity index (χ1) is 16.5. The van der Waals surface area contributed by atoms with Crippen LogP contribution in [0.4, 0.5) is 10.5 Å². The number of anilines is 1. The van der Waals surface area contributed by atoms with E-state index >= 15 is 0 Å². The number of hydrogen-bond donors (Lipinski definition) is 1. The Kier molecular flexibility index (Phi) is 7.75. The maximum atomic E-state index is 13.6. The van der Waals surface area contributed by atoms with Crippen molar-refractivity contribution in [3.63, 3.8) is 0 Å². The summed E-state index contributed by atoms with van der Waals surface area (Å²) in [6, 6.07) is 16.5. The molecule has 34 heavy (non-hydrogen) atoms. The fourth-order valence-electron chi connectivity index (χ4n) is 4.31. The van der Waals surface area contributed by atoms with Crippen LogP contribution in [-0.2, 0) is 11.2 Å². The topological polar surface area (TPSA) is 61.9 Å². The second-order valence-electron chi connectivity index (χ2n) is 8.14. The predicted molar refractivity (Wildman–Crippen MR) is 137 cm³/mol. The number of carbonyl (C=O) groups excluding carboxylic acids is 2. The van der Waals surface area contributed by atoms with Crippen molar-refractivity contribution in [1.29, 1.82) is 0 Å². The van der Waals surface area contributed by atoms with Crippen molar-refractivity contribution in [2.75, 3.05) is 32.1 Å². The maximum Gasteiger partial charge on any atom is 0.322 e. The number of ether oxygens (including phenoxy) is 1. The first-order valence-electron chi connectivity index (χ1n) is 11.3. The number of thiophene rings is 1. The molecule has 0 saturated heterocycles. The zero-order valence-corrected chi connectivity index (χ0v) is 20.9. The van der Waals surface area contributed by atoms with E-state index in [2.05, 4.69) is 16.8 Å². The lowest BCUT2D eigenvalue weighted by Gasteiger charge is -2.37. The Morgan fingerprint density at radius 3 is 2.68 bits per heavy atom. The minimum Gasteiger partial charge on any atom is -0.495 e. The number of rotatable bonds is 7. The van der Waals surface area contributed by atoms with Gasteiger partial charge in [-0.3, -0.25) is 4.79 Å². The van der Waals surface area contributed by atoms with Crippen molar-refractivity contribution >= 4 is 40.6 Å². The summed E-state index contributed by atoms with van der Waals surface area (Å²) in [6.07, 6.45) is 1.55. The first kappa shape index (κ1) is 24.1. The SMILES string of the molecule is CCCN(CC(=O)N1CCc2sccc2C1c1ccc(Cl)cc1)C(=O)Nc1ccccc1OC. The summed E-state index contributed by atoms with van der Waals surface area (Å²) in [7, 11) is 1.56. The lowest BCUT2D eigenvalue weighted by atomic mass is 9.93. The van der Waals surface area contributed by atoms with Crippen molar-refractivity contribution in [2.45, 2.75) is 25.8 Å². The Hall–Kier alpha value is -3.03. The number of nitrogens with one attached hydrogen (secondary N) is 1. The van der Waals surface area contributed by atoms with Gasteiger partial charge in [0.25, 0.3) is 0 Å². The van der Waals surface area contributed by atoms with E-state index in [0.29, 0.717) is 29.5 Å². The van der Waals surface area contributed by atoms with Crippen LogP contribution in [0.5, 0.6) is 5.75 Å². The molecule has 178 valence electrons. The van der Waals surface area contributed by atoms with E-state index in [4.69, 9.17) is 16.3 Å². The van der Waals surface area contributed by atoms with E-state index in [9.17, 15) is 9.59 Å². The molecule has 1 atom stereocenters. The van der Waals surface area contributed by atoms with E-state index in [0.717, 1.165) is 24.0 Å². The summed E-state index contributed by atoms with van der Waals surface area (Å²) in [6.45, 7) is 3.06. The number of halogens is 1. The van der Waals surface area contributed by atoms with Gasteiger partial charge in [-0.2, -0.15) is 0 Å². The number of fused-ring (bicyclic) bond motifs is 1. The molecule has 1 aliphatic rings. The van der Waals surface area contributed by atoms with Crippen LogP contribution in [0.25, 0.3) is 0 Å². The molecule has 1 N–H and O–H groups in total. The molecule has 8 heteroatoms. The highest BCUT2D eigenvalue weighted by Gasteiger charge is 2.34. The molecular formula is C26H28ClN3O3S. The minimum atomic E-state index is -0.323. The van der Waals surface area contributed by atoms with E-state index in [1.165, 1.54) is 4.88 Å². The van der Waals surface area contributed by atoms with Crippen LogP contribution in [0, 0.1) is 0 Å². The van der Waals surface area contributed by atoms with Crippen molar-refractivity contribution < 1.29 is 14.3 Å². The molecule has 0 fully saturated rings. The van der Waals surface area contributed by atoms with Crippen molar-refractivity contribution in [1.82, 2.24) is 9.80 Å². The van der Waals surface area contributed by atoms with Crippen molar-refractivity contribution in [3.05, 3.63) is 81.0 Å². The highest BCUT2D eigenvalue weighted by atomic mass is 35.5. The molecule has 1 aliphatic heterocycles. The molecule has 0 bridgehead atoms. The third-order valence-electron chi connectivity index (χ3n) is 5.93. The number of urea groups is 1. The molecule has 1 unspecified atom stereocenters. The van der Waals surface area contributed by atoms with Gasteiger partial charge in [0, 0.05) is 23.0 Å². The third-order valence-corrected chi connectivity index (χ3v) is 7.18. The van der Waals surface area contributed by atoms with Crippen molar-refractivity contribution in [3.8, 4) is 5.75 Å². The van der Waals surface area contributed by atoms with Gasteiger partial charge >= 0.3 is 6.03 Å². The number of para-hydroxylation sites is 2. The van der Waals surface area contributed by atoms with Crippen LogP contribution in [-0.4, -0.2) is 48.5 Å². The molecule has 2 aromatic carbocycles. The van der Waals surface area contributed by atoms with Crippen LogP contribution >= 0.6 is 22.9 Å². The third kappa shape index (κ3) is 5.21. The summed E-state index contributed by atoms with van der Waals surface area (Å²) in [5.41, 5.74) is 2.73. The van der Waals surface area contributed by atoms with Gasteiger partial charge in [-0.25, -0.2) is 4.79 Å². The van der Waals surface area contributed by atoms with Gasteiger partial charge in [-0.15, -0.1) is 11.3 Å². The molecule has 0 spiro atoms. The molecule has 4 rings (SSSR count). The van der Waals surface area contributed by atoms with Gasteiger partial charge in [0.1, 0.15) is 12.3 Å². The van der Waals surface area contributed by atoms with E-state index < -0.39 is 0 Å². The minimum absolute atomic E-state index is 0.00160. The molecule has 1 aromatic heterocycles. The highest BCUT2D eigenvalue weighted by Crippen LogP contribution is 2.38. The zero-order chi connectivity index (χ0) is 24.1. The van der Waals surface area contributed by atoms with Crippen LogP contribution in [0.15, 0.2) is 60.0 Å². The fraction of sp³-hybridized carbons (Fsp3) is 0.308. The molecule has 6 nitrogen and oxygen atoms in total. The van der Waals surface area contributed by atoms with Crippen molar-refractivity contribution in [2.24, 2.45) is 0 Å². The van der Waals surface area contributed by atoms with Gasteiger partial charge in [0.2, 0.25) is 5.91 Å². The molecule has 3 aromatic rings. The smallest absolute Gasteiger partial charge is 0.322 e. The molecule has 2 heterocycles. The largest absolute Gasteiger partial charge is 0.495 e. The lowest BCUT2D eigenvalue weighted by molar-refractivity contribution is -0.133. The number of amides is 3. The molecule has 3 amide bonds. The average molecular weight is 498 g/mol. The number of nitrogens with zero attached hydrogens (tertiary/aromatic N) is 2. The number of carbonyl (C=O) groups is 2. The second kappa shape index (κ2) is 10.9. The van der Waals surface area contributed by atoms with Gasteiger partial charge in [-0.1, -0.05) is 42.8 Å². The summed E-state index contributed by atoms with van der Waals surface area (Å²) in [5.74, 6) is 0.489. The monoisotopic (exact) mass is 497 g/mol. The van der Waals surface area contributed by atoms with E-state index in [1.54, 1.807) is 35.5 Å². The average Bonchev–Trinajstić information content (AvgIpc) is 3.33. The molecule has 0 radical (unpaired) electrons. The molecular weight excluding hydrogens is 470 g/mol. The molecule has 0 aliphatic carbocycles. The highest BCUT2D eigenvalue weighted by molar-refractivity contribution is 7.10. The van der Waals surface area contributed by atoms with Gasteiger partial charge in [-0.05, 0) is 59.7 Å². The number of hydrogen-bond acceptors (Lipinski definition) is 4. The van der Waals surface area contributed by atoms with E-state index in [-0.39, 0.29) is 24.5 Å². The van der Waals surface area contributed by atoms with Gasteiger partial charge in [0.05, 0.1) is 18.8 Å². The Morgan fingerprint density at radius 2 is 1.94 bits per heavy atom. The van der Waals surface area contributed by atoms with Crippen LogP contribution in [0.1, 0.15) is 35.4 Å². The standard InChI is InChI=1S/C26H28ClN3O3S/c1-3-14-29(26(32)28-21-6-4-5-7-22(21)33-2)17-24(31)30-15-12-23-20(13-16-34-23)25(30)18-8-10-19(27)11-9-18/h4-11,13,16,25H,3,12,14-15,17H2,1-2H3,(H,28,32). The van der Waals surface area contributed by atoms with Crippen LogP contribution in [0.3, 0.4) is 0 Å². The molecule has 0 saturated carbocycles. The Labute approximate surface area is 209 Å². The summed E-state index contributed by atoms with van der Waals surface area (Å²) in [4.78, 5) is 31.5. The quantitative estimate of drug-likeness (QED) is 0.447. The zero-order valence-electron chi connectivity index (χ0n) is 19.3. The number of benzene rings is 2. The van der Waals surface area contributed by atoms with Crippen LogP contribution < -0.4 is 10.1 Å².